The molecular formula is C28H28F2N2O2. The summed E-state index contributed by atoms with van der Waals surface area (Å²) in [6.07, 6.45) is 12.3. The van der Waals surface area contributed by atoms with Crippen LogP contribution >= 0.6 is 0 Å². The lowest BCUT2D eigenvalue weighted by atomic mass is 10.0. The average molecular weight is 463 g/mol. The van der Waals surface area contributed by atoms with E-state index in [2.05, 4.69) is 11.9 Å². The van der Waals surface area contributed by atoms with Crippen LogP contribution in [0.25, 0.3) is 0 Å². The number of carbonyl (C=O) groups excluding carboxylic acids is 1. The molecule has 1 aliphatic rings. The zero-order valence-electron chi connectivity index (χ0n) is 19.6. The zero-order chi connectivity index (χ0) is 24.7. The number of amides is 1. The number of hydrogen-bond donors (Lipinski definition) is 1. The van der Waals surface area contributed by atoms with Crippen molar-refractivity contribution in [3.05, 3.63) is 125 Å². The number of nitrogens with zero attached hydrogens (tertiary/aromatic N) is 1. The van der Waals surface area contributed by atoms with E-state index in [-0.39, 0.29) is 12.1 Å². The Morgan fingerprint density at radius 1 is 1.21 bits per heavy atom. The molecule has 2 aromatic carbocycles. The second kappa shape index (κ2) is 11.3. The molecule has 0 heterocycles. The van der Waals surface area contributed by atoms with E-state index >= 15 is 0 Å². The van der Waals surface area contributed by atoms with E-state index in [0.29, 0.717) is 22.6 Å². The van der Waals surface area contributed by atoms with E-state index in [1.165, 1.54) is 12.1 Å². The molecule has 4 nitrogen and oxygen atoms in total. The third-order valence-corrected chi connectivity index (χ3v) is 5.27. The predicted molar refractivity (Wildman–Crippen MR) is 131 cm³/mol. The summed E-state index contributed by atoms with van der Waals surface area (Å²) in [5.41, 5.74) is 3.14. The fraction of sp³-hybridized carbons (Fsp3) is 0.179. The van der Waals surface area contributed by atoms with E-state index in [4.69, 9.17) is 4.74 Å². The first-order valence-corrected chi connectivity index (χ1v) is 10.9. The van der Waals surface area contributed by atoms with Crippen molar-refractivity contribution < 1.29 is 18.3 Å². The second-order valence-electron chi connectivity index (χ2n) is 8.05. The van der Waals surface area contributed by atoms with Gasteiger partial charge in [-0.2, -0.15) is 0 Å². The van der Waals surface area contributed by atoms with E-state index in [1.807, 2.05) is 49.5 Å². The molecule has 0 aromatic heterocycles. The predicted octanol–water partition coefficient (Wildman–Crippen LogP) is 5.98. The Kier molecular flexibility index (Phi) is 8.19. The fourth-order valence-corrected chi connectivity index (χ4v) is 3.50. The minimum Gasteiger partial charge on any atom is -0.457 e. The molecular weight excluding hydrogens is 434 g/mol. The molecule has 34 heavy (non-hydrogen) atoms. The SMILES string of the molecule is C=C/C(=C\N(C)C)C1=CC(Oc2cccc(C(=O)NCc3cccc(F)c3F)c2C)=CC=CC1. The number of nitrogens with one attached hydrogen (secondary N) is 1. The van der Waals surface area contributed by atoms with Crippen LogP contribution < -0.4 is 10.1 Å². The monoisotopic (exact) mass is 462 g/mol. The normalized spacial score (nSPS) is 13.5. The number of hydrogen-bond acceptors (Lipinski definition) is 3. The molecule has 0 saturated heterocycles. The van der Waals surface area contributed by atoms with E-state index in [1.54, 1.807) is 31.2 Å². The van der Waals surface area contributed by atoms with Crippen molar-refractivity contribution in [3.63, 3.8) is 0 Å². The largest absolute Gasteiger partial charge is 0.457 e. The molecule has 0 saturated carbocycles. The maximum absolute atomic E-state index is 13.9. The van der Waals surface area contributed by atoms with Gasteiger partial charge in [-0.1, -0.05) is 43.0 Å². The molecule has 0 spiro atoms. The van der Waals surface area contributed by atoms with Crippen LogP contribution in [0.4, 0.5) is 8.78 Å². The topological polar surface area (TPSA) is 41.6 Å². The highest BCUT2D eigenvalue weighted by atomic mass is 19.2. The van der Waals surface area contributed by atoms with Crippen LogP contribution in [-0.2, 0) is 6.54 Å². The molecule has 0 fully saturated rings. The van der Waals surface area contributed by atoms with Crippen molar-refractivity contribution in [3.8, 4) is 5.75 Å². The summed E-state index contributed by atoms with van der Waals surface area (Å²) in [6.45, 7) is 5.57. The van der Waals surface area contributed by atoms with Crippen LogP contribution in [0.15, 0.2) is 96.5 Å². The first kappa shape index (κ1) is 24.7. The lowest BCUT2D eigenvalue weighted by Crippen LogP contribution is -2.24. The van der Waals surface area contributed by atoms with Crippen molar-refractivity contribution in [1.82, 2.24) is 10.2 Å². The summed E-state index contributed by atoms with van der Waals surface area (Å²) in [5.74, 6) is -1.16. The van der Waals surface area contributed by atoms with Gasteiger partial charge in [0.05, 0.1) is 0 Å². The fourth-order valence-electron chi connectivity index (χ4n) is 3.50. The number of carbonyl (C=O) groups is 1. The first-order valence-electron chi connectivity index (χ1n) is 10.9. The lowest BCUT2D eigenvalue weighted by molar-refractivity contribution is 0.0949. The van der Waals surface area contributed by atoms with Crippen LogP contribution in [0.3, 0.4) is 0 Å². The molecule has 0 unspecified atom stereocenters. The number of benzene rings is 2. The van der Waals surface area contributed by atoms with Gasteiger partial charge in [-0.15, -0.1) is 0 Å². The molecule has 3 rings (SSSR count). The molecule has 0 radical (unpaired) electrons. The maximum atomic E-state index is 13.9. The minimum absolute atomic E-state index is 0.0790. The minimum atomic E-state index is -0.963. The Hall–Kier alpha value is -3.93. The Morgan fingerprint density at radius 2 is 1.97 bits per heavy atom. The Balaban J connectivity index is 1.80. The highest BCUT2D eigenvalue weighted by Crippen LogP contribution is 2.27. The quantitative estimate of drug-likeness (QED) is 0.491. The van der Waals surface area contributed by atoms with Crippen molar-refractivity contribution in [2.75, 3.05) is 14.1 Å². The summed E-state index contributed by atoms with van der Waals surface area (Å²) in [5, 5.41) is 2.65. The summed E-state index contributed by atoms with van der Waals surface area (Å²) >= 11 is 0. The molecule has 0 aliphatic heterocycles. The molecule has 0 atom stereocenters. The first-order chi connectivity index (χ1) is 16.3. The number of ether oxygens (including phenoxy) is 1. The molecule has 1 aliphatic carbocycles. The van der Waals surface area contributed by atoms with Gasteiger partial charge < -0.3 is 15.0 Å². The van der Waals surface area contributed by atoms with Gasteiger partial charge in [0, 0.05) is 43.5 Å². The van der Waals surface area contributed by atoms with Gasteiger partial charge in [0.1, 0.15) is 11.5 Å². The van der Waals surface area contributed by atoms with Gasteiger partial charge in [0.15, 0.2) is 11.6 Å². The van der Waals surface area contributed by atoms with Crippen LogP contribution in [0.5, 0.6) is 5.75 Å². The van der Waals surface area contributed by atoms with Crippen molar-refractivity contribution in [1.29, 1.82) is 0 Å². The molecule has 2 aromatic rings. The summed E-state index contributed by atoms with van der Waals surface area (Å²) in [7, 11) is 3.90. The number of rotatable bonds is 8. The maximum Gasteiger partial charge on any atom is 0.251 e. The Labute approximate surface area is 199 Å². The van der Waals surface area contributed by atoms with Crippen molar-refractivity contribution in [2.24, 2.45) is 0 Å². The molecule has 6 heteroatoms. The van der Waals surface area contributed by atoms with Gasteiger partial charge in [-0.05, 0) is 54.8 Å². The van der Waals surface area contributed by atoms with E-state index < -0.39 is 17.5 Å². The second-order valence-corrected chi connectivity index (χ2v) is 8.05. The number of allylic oxidation sites excluding steroid dienone is 7. The van der Waals surface area contributed by atoms with Gasteiger partial charge in [0.2, 0.25) is 0 Å². The molecule has 1 amide bonds. The smallest absolute Gasteiger partial charge is 0.251 e. The van der Waals surface area contributed by atoms with Crippen molar-refractivity contribution in [2.45, 2.75) is 19.9 Å². The van der Waals surface area contributed by atoms with E-state index in [9.17, 15) is 13.6 Å². The summed E-state index contributed by atoms with van der Waals surface area (Å²) < 4.78 is 33.5. The highest BCUT2D eigenvalue weighted by molar-refractivity contribution is 5.96. The standard InChI is InChI=1S/C28H28F2N2O2/c1-5-20(18-32(3)4)21-10-6-7-12-23(16-21)34-26-15-9-13-24(19(26)2)28(33)31-17-22-11-8-14-25(29)27(22)30/h5-9,11-16,18H,1,10,17H2,2-4H3,(H,31,33)/b20-18+. The van der Waals surface area contributed by atoms with Crippen LogP contribution in [0, 0.1) is 18.6 Å². The van der Waals surface area contributed by atoms with E-state index in [0.717, 1.165) is 23.6 Å². The molecule has 1 N–H and O–H groups in total. The number of halogens is 2. The van der Waals surface area contributed by atoms with Crippen LogP contribution in [-0.4, -0.2) is 24.9 Å². The third kappa shape index (κ3) is 6.10. The lowest BCUT2D eigenvalue weighted by Gasteiger charge is -2.15. The van der Waals surface area contributed by atoms with Crippen LogP contribution in [0.1, 0.15) is 27.9 Å². The van der Waals surface area contributed by atoms with Gasteiger partial charge in [0.25, 0.3) is 5.91 Å². The molecule has 0 bridgehead atoms. The highest BCUT2D eigenvalue weighted by Gasteiger charge is 2.15. The van der Waals surface area contributed by atoms with Gasteiger partial charge in [-0.25, -0.2) is 8.78 Å². The molecule has 176 valence electrons. The Bertz CT molecular complexity index is 1210. The Morgan fingerprint density at radius 3 is 2.71 bits per heavy atom. The summed E-state index contributed by atoms with van der Waals surface area (Å²) in [6, 6.07) is 9.05. The zero-order valence-corrected chi connectivity index (χ0v) is 19.6. The van der Waals surface area contributed by atoms with Gasteiger partial charge in [-0.3, -0.25) is 4.79 Å². The van der Waals surface area contributed by atoms with Crippen LogP contribution in [0.2, 0.25) is 0 Å². The van der Waals surface area contributed by atoms with Gasteiger partial charge >= 0.3 is 0 Å². The third-order valence-electron chi connectivity index (χ3n) is 5.27. The summed E-state index contributed by atoms with van der Waals surface area (Å²) in [4.78, 5) is 14.7. The van der Waals surface area contributed by atoms with Crippen molar-refractivity contribution >= 4 is 5.91 Å². The average Bonchev–Trinajstić information content (AvgIpc) is 3.05.